The normalized spacial score (nSPS) is 16.3. The van der Waals surface area contributed by atoms with E-state index in [1.165, 1.54) is 17.0 Å². The van der Waals surface area contributed by atoms with Gasteiger partial charge < -0.3 is 10.0 Å². The Morgan fingerprint density at radius 2 is 1.83 bits per heavy atom. The highest BCUT2D eigenvalue weighted by Crippen LogP contribution is 2.32. The van der Waals surface area contributed by atoms with Gasteiger partial charge in [0, 0.05) is 36.5 Å². The molecule has 1 unspecified atom stereocenters. The number of aliphatic hydroxyl groups excluding tert-OH is 1. The minimum absolute atomic E-state index is 0.00237. The number of anilines is 1. The van der Waals surface area contributed by atoms with Gasteiger partial charge in [-0.15, -0.1) is 0 Å². The number of nitrogens with zero attached hydrogens (tertiary/aromatic N) is 4. The van der Waals surface area contributed by atoms with Gasteiger partial charge in [-0.25, -0.2) is 4.98 Å². The van der Waals surface area contributed by atoms with Gasteiger partial charge in [-0.05, 0) is 17.7 Å². The molecular formula is C22H23FN4O2. The molecule has 0 spiro atoms. The molecule has 4 rings (SSSR count). The first-order valence-corrected chi connectivity index (χ1v) is 9.54. The number of hydrogen-bond acceptors (Lipinski definition) is 5. The fourth-order valence-corrected chi connectivity index (χ4v) is 3.81. The molecule has 0 bridgehead atoms. The van der Waals surface area contributed by atoms with Gasteiger partial charge in [0.25, 0.3) is 5.56 Å². The molecule has 1 aliphatic heterocycles. The molecule has 3 heterocycles. The lowest BCUT2D eigenvalue weighted by atomic mass is 9.90. The quantitative estimate of drug-likeness (QED) is 0.737. The number of rotatable bonds is 4. The van der Waals surface area contributed by atoms with Gasteiger partial charge in [0.2, 0.25) is 11.8 Å². The van der Waals surface area contributed by atoms with Crippen molar-refractivity contribution in [3.8, 4) is 11.3 Å². The number of pyridine rings is 1. The number of hydrogen-bond donors (Lipinski definition) is 1. The van der Waals surface area contributed by atoms with Crippen LogP contribution in [0.5, 0.6) is 0 Å². The molecule has 29 heavy (non-hydrogen) atoms. The average Bonchev–Trinajstić information content (AvgIpc) is 2.72. The van der Waals surface area contributed by atoms with E-state index in [0.717, 1.165) is 5.56 Å². The van der Waals surface area contributed by atoms with Crippen molar-refractivity contribution in [1.82, 2.24) is 14.5 Å². The van der Waals surface area contributed by atoms with Crippen LogP contribution in [-0.2, 0) is 6.54 Å². The molecular weight excluding hydrogens is 371 g/mol. The Bertz CT molecular complexity index is 1070. The number of fused-ring (bicyclic) bond motifs is 1. The third-order valence-electron chi connectivity index (χ3n) is 5.11. The van der Waals surface area contributed by atoms with E-state index in [1.54, 1.807) is 12.1 Å². The first-order valence-electron chi connectivity index (χ1n) is 9.54. The van der Waals surface area contributed by atoms with E-state index in [9.17, 15) is 14.3 Å². The number of halogens is 1. The standard InChI is InChI=1S/C22H23FN4O2/c1-22(2)13-26(12-17(28)15-6-4-3-5-7-15)21-25-19(16-8-10-24-11-9-16)18(23)20(29)27(21)14-22/h3-11,17,28H,12-14H2,1-2H3. The second kappa shape index (κ2) is 7.40. The fourth-order valence-electron chi connectivity index (χ4n) is 3.81. The SMILES string of the molecule is CC1(C)CN(CC(O)c2ccccc2)c2nc(-c3ccncc3)c(F)c(=O)n2C1. The summed E-state index contributed by atoms with van der Waals surface area (Å²) in [7, 11) is 0. The maximum Gasteiger partial charge on any atom is 0.291 e. The molecule has 1 N–H and O–H groups in total. The van der Waals surface area contributed by atoms with Crippen molar-refractivity contribution in [2.24, 2.45) is 5.41 Å². The third kappa shape index (κ3) is 3.78. The summed E-state index contributed by atoms with van der Waals surface area (Å²) in [6.07, 6.45) is 2.31. The fraction of sp³-hybridized carbons (Fsp3) is 0.318. The highest BCUT2D eigenvalue weighted by Gasteiger charge is 2.34. The Morgan fingerprint density at radius 3 is 2.52 bits per heavy atom. The van der Waals surface area contributed by atoms with Crippen molar-refractivity contribution in [2.45, 2.75) is 26.5 Å². The van der Waals surface area contributed by atoms with Crippen LogP contribution in [0.3, 0.4) is 0 Å². The molecule has 3 aromatic rings. The predicted octanol–water partition coefficient (Wildman–Crippen LogP) is 3.02. The molecule has 6 nitrogen and oxygen atoms in total. The molecule has 0 amide bonds. The minimum Gasteiger partial charge on any atom is -0.387 e. The van der Waals surface area contributed by atoms with Gasteiger partial charge in [-0.2, -0.15) is 4.39 Å². The molecule has 150 valence electrons. The van der Waals surface area contributed by atoms with Gasteiger partial charge in [0.1, 0.15) is 5.69 Å². The Kier molecular flexibility index (Phi) is 4.92. The van der Waals surface area contributed by atoms with Crippen LogP contribution in [0.15, 0.2) is 59.7 Å². The van der Waals surface area contributed by atoms with Crippen molar-refractivity contribution >= 4 is 5.95 Å². The van der Waals surface area contributed by atoms with Crippen molar-refractivity contribution in [3.05, 3.63) is 76.6 Å². The maximum absolute atomic E-state index is 14.9. The van der Waals surface area contributed by atoms with Crippen LogP contribution < -0.4 is 10.5 Å². The van der Waals surface area contributed by atoms with Crippen molar-refractivity contribution in [2.75, 3.05) is 18.0 Å². The van der Waals surface area contributed by atoms with Gasteiger partial charge in [-0.3, -0.25) is 14.3 Å². The minimum atomic E-state index is -0.874. The molecule has 0 radical (unpaired) electrons. The molecule has 0 aliphatic carbocycles. The Labute approximate surface area is 168 Å². The first kappa shape index (κ1) is 19.3. The lowest BCUT2D eigenvalue weighted by molar-refractivity contribution is 0.171. The first-order chi connectivity index (χ1) is 13.9. The molecule has 1 aliphatic rings. The lowest BCUT2D eigenvalue weighted by Crippen LogP contribution is -2.49. The number of benzene rings is 1. The van der Waals surface area contributed by atoms with Crippen LogP contribution in [0.4, 0.5) is 10.3 Å². The van der Waals surface area contributed by atoms with Crippen LogP contribution >= 0.6 is 0 Å². The highest BCUT2D eigenvalue weighted by atomic mass is 19.1. The van der Waals surface area contributed by atoms with Crippen LogP contribution in [0.1, 0.15) is 25.5 Å². The average molecular weight is 394 g/mol. The van der Waals surface area contributed by atoms with Gasteiger partial charge in [0.05, 0.1) is 12.6 Å². The van der Waals surface area contributed by atoms with Crippen molar-refractivity contribution < 1.29 is 9.50 Å². The van der Waals surface area contributed by atoms with Crippen LogP contribution in [-0.4, -0.2) is 32.7 Å². The summed E-state index contributed by atoms with van der Waals surface area (Å²) in [6.45, 7) is 5.23. The molecule has 1 atom stereocenters. The number of β-amino-alcohol motifs (C(OH)–C–C–N with tert-alkyl or cyclic N) is 1. The number of aromatic nitrogens is 3. The van der Waals surface area contributed by atoms with E-state index in [1.807, 2.05) is 49.1 Å². The second-order valence-corrected chi connectivity index (χ2v) is 8.17. The van der Waals surface area contributed by atoms with Gasteiger partial charge in [-0.1, -0.05) is 44.2 Å². The number of aliphatic hydroxyl groups is 1. The molecule has 7 heteroatoms. The molecule has 2 aromatic heterocycles. The Balaban J connectivity index is 1.79. The molecule has 0 saturated heterocycles. The third-order valence-corrected chi connectivity index (χ3v) is 5.11. The second-order valence-electron chi connectivity index (χ2n) is 8.17. The predicted molar refractivity (Wildman–Crippen MR) is 109 cm³/mol. The monoisotopic (exact) mass is 394 g/mol. The summed E-state index contributed by atoms with van der Waals surface area (Å²) >= 11 is 0. The van der Waals surface area contributed by atoms with Crippen molar-refractivity contribution in [1.29, 1.82) is 0 Å². The van der Waals surface area contributed by atoms with Gasteiger partial charge >= 0.3 is 0 Å². The lowest BCUT2D eigenvalue weighted by Gasteiger charge is -2.41. The van der Waals surface area contributed by atoms with E-state index >= 15 is 0 Å². The zero-order valence-corrected chi connectivity index (χ0v) is 16.4. The Morgan fingerprint density at radius 1 is 1.14 bits per heavy atom. The zero-order valence-electron chi connectivity index (χ0n) is 16.4. The summed E-state index contributed by atoms with van der Waals surface area (Å²) in [5, 5.41) is 10.7. The van der Waals surface area contributed by atoms with Crippen LogP contribution in [0.2, 0.25) is 0 Å². The van der Waals surface area contributed by atoms with E-state index in [0.29, 0.717) is 24.6 Å². The van der Waals surface area contributed by atoms with E-state index in [4.69, 9.17) is 0 Å². The topological polar surface area (TPSA) is 71.2 Å². The summed E-state index contributed by atoms with van der Waals surface area (Å²) in [5.41, 5.74) is 0.295. The van der Waals surface area contributed by atoms with Crippen molar-refractivity contribution in [3.63, 3.8) is 0 Å². The maximum atomic E-state index is 14.9. The van der Waals surface area contributed by atoms with E-state index in [-0.39, 0.29) is 17.7 Å². The molecule has 1 aromatic carbocycles. The smallest absolute Gasteiger partial charge is 0.291 e. The van der Waals surface area contributed by atoms with Crippen LogP contribution in [0.25, 0.3) is 11.3 Å². The summed E-state index contributed by atoms with van der Waals surface area (Å²) in [6, 6.07) is 12.6. The summed E-state index contributed by atoms with van der Waals surface area (Å²) in [4.78, 5) is 23.2. The van der Waals surface area contributed by atoms with E-state index < -0.39 is 17.5 Å². The molecule has 0 saturated carbocycles. The van der Waals surface area contributed by atoms with Crippen LogP contribution in [0, 0.1) is 11.2 Å². The van der Waals surface area contributed by atoms with Gasteiger partial charge in [0.15, 0.2) is 0 Å². The Hall–Kier alpha value is -3.06. The zero-order chi connectivity index (χ0) is 20.6. The summed E-state index contributed by atoms with van der Waals surface area (Å²) < 4.78 is 16.3. The highest BCUT2D eigenvalue weighted by molar-refractivity contribution is 5.60. The largest absolute Gasteiger partial charge is 0.387 e. The summed E-state index contributed by atoms with van der Waals surface area (Å²) in [5.74, 6) is -0.501. The van der Waals surface area contributed by atoms with E-state index in [2.05, 4.69) is 9.97 Å². The molecule has 0 fully saturated rings.